The van der Waals surface area contributed by atoms with Gasteiger partial charge in [0.2, 0.25) is 0 Å². The molecule has 0 spiro atoms. The van der Waals surface area contributed by atoms with E-state index in [0.717, 1.165) is 25.0 Å². The predicted octanol–water partition coefficient (Wildman–Crippen LogP) is 1.96. The molecule has 1 atom stereocenters. The van der Waals surface area contributed by atoms with Crippen molar-refractivity contribution >= 4 is 21.8 Å². The summed E-state index contributed by atoms with van der Waals surface area (Å²) in [5.74, 6) is 1.32. The van der Waals surface area contributed by atoms with Crippen molar-refractivity contribution < 1.29 is 13.2 Å². The second kappa shape index (κ2) is 8.16. The summed E-state index contributed by atoms with van der Waals surface area (Å²) >= 11 is 0. The molecule has 0 aromatic carbocycles. The minimum Gasteiger partial charge on any atom is -0.369 e. The molecule has 0 radical (unpaired) electrons. The highest BCUT2D eigenvalue weighted by Gasteiger charge is 2.35. The van der Waals surface area contributed by atoms with E-state index in [1.54, 1.807) is 4.31 Å². The lowest BCUT2D eigenvalue weighted by Crippen LogP contribution is -2.50. The highest BCUT2D eigenvalue weighted by molar-refractivity contribution is 7.86. The summed E-state index contributed by atoms with van der Waals surface area (Å²) < 4.78 is 34.9. The maximum absolute atomic E-state index is 13.0. The molecule has 9 nitrogen and oxygen atoms in total. The minimum absolute atomic E-state index is 0.275. The maximum atomic E-state index is 13.0. The Kier molecular flexibility index (Phi) is 5.63. The normalized spacial score (nSPS) is 22.2. The fraction of sp³-hybridized carbons (Fsp3) is 0.556. The molecule has 0 saturated carbocycles. The number of anilines is 2. The van der Waals surface area contributed by atoms with Gasteiger partial charge in [-0.05, 0) is 31.9 Å². The van der Waals surface area contributed by atoms with Crippen LogP contribution in [0.3, 0.4) is 0 Å². The van der Waals surface area contributed by atoms with Gasteiger partial charge in [-0.15, -0.1) is 0 Å². The van der Waals surface area contributed by atoms with Crippen LogP contribution in [0.2, 0.25) is 0 Å². The van der Waals surface area contributed by atoms with Gasteiger partial charge in [-0.2, -0.15) is 22.1 Å². The highest BCUT2D eigenvalue weighted by atomic mass is 32.2. The smallest absolute Gasteiger partial charge is 0.282 e. The van der Waals surface area contributed by atoms with Crippen LogP contribution in [-0.4, -0.2) is 65.0 Å². The molecule has 0 unspecified atom stereocenters. The number of hydrogen-bond donors (Lipinski definition) is 2. The molecule has 2 fully saturated rings. The molecule has 2 saturated heterocycles. The topological polar surface area (TPSA) is 103 Å². The van der Waals surface area contributed by atoms with Crippen LogP contribution >= 0.6 is 0 Å². The van der Waals surface area contributed by atoms with E-state index < -0.39 is 16.3 Å². The second-order valence-electron chi connectivity index (χ2n) is 7.19. The van der Waals surface area contributed by atoms with Gasteiger partial charge in [-0.3, -0.25) is 5.10 Å². The Morgan fingerprint density at radius 1 is 1.14 bits per heavy atom. The first kappa shape index (κ1) is 19.3. The van der Waals surface area contributed by atoms with E-state index in [9.17, 15) is 8.42 Å². The Labute approximate surface area is 165 Å². The van der Waals surface area contributed by atoms with Crippen molar-refractivity contribution in [1.82, 2.24) is 23.8 Å². The molecule has 2 aliphatic rings. The molecule has 2 N–H and O–H groups in total. The summed E-state index contributed by atoms with van der Waals surface area (Å²) in [6, 6.07) is 7.48. The zero-order valence-electron chi connectivity index (χ0n) is 16.0. The van der Waals surface area contributed by atoms with Gasteiger partial charge in [0.15, 0.2) is 5.82 Å². The monoisotopic (exact) mass is 406 g/mol. The van der Waals surface area contributed by atoms with Gasteiger partial charge in [0.25, 0.3) is 10.2 Å². The van der Waals surface area contributed by atoms with Crippen LogP contribution in [0.25, 0.3) is 0 Å². The van der Waals surface area contributed by atoms with Crippen molar-refractivity contribution in [2.75, 3.05) is 38.1 Å². The van der Waals surface area contributed by atoms with Crippen molar-refractivity contribution in [3.63, 3.8) is 0 Å². The summed E-state index contributed by atoms with van der Waals surface area (Å²) in [4.78, 5) is 4.60. The van der Waals surface area contributed by atoms with Crippen molar-refractivity contribution in [2.24, 2.45) is 0 Å². The lowest BCUT2D eigenvalue weighted by Gasteiger charge is -2.36. The third-order valence-electron chi connectivity index (χ3n) is 5.06. The van der Waals surface area contributed by atoms with E-state index in [4.69, 9.17) is 4.74 Å². The molecule has 152 valence electrons. The third kappa shape index (κ3) is 4.19. The maximum Gasteiger partial charge on any atom is 0.282 e. The third-order valence-corrected chi connectivity index (χ3v) is 7.06. The van der Waals surface area contributed by atoms with Gasteiger partial charge in [0.1, 0.15) is 11.9 Å². The number of pyridine rings is 1. The van der Waals surface area contributed by atoms with Crippen LogP contribution in [0.1, 0.15) is 36.8 Å². The van der Waals surface area contributed by atoms with E-state index in [1.165, 1.54) is 4.31 Å². The van der Waals surface area contributed by atoms with E-state index >= 15 is 0 Å². The van der Waals surface area contributed by atoms with Crippen molar-refractivity contribution in [1.29, 1.82) is 0 Å². The van der Waals surface area contributed by atoms with Gasteiger partial charge in [-0.1, -0.05) is 12.5 Å². The van der Waals surface area contributed by atoms with Gasteiger partial charge in [0.05, 0.1) is 12.3 Å². The fourth-order valence-corrected chi connectivity index (χ4v) is 5.26. The molecule has 28 heavy (non-hydrogen) atoms. The molecule has 0 bridgehead atoms. The largest absolute Gasteiger partial charge is 0.369 e. The van der Waals surface area contributed by atoms with Crippen LogP contribution in [0.5, 0.6) is 0 Å². The van der Waals surface area contributed by atoms with Gasteiger partial charge >= 0.3 is 0 Å². The lowest BCUT2D eigenvalue weighted by atomic mass is 10.2. The molecule has 4 rings (SSSR count). The Morgan fingerprint density at radius 3 is 2.71 bits per heavy atom. The Bertz CT molecular complexity index is 910. The SMILES string of the molecule is Cc1cc(Nc2cccc([C@@H]3CN(S(=O)(=O)N4CCCCC4)CCO3)n2)n[nH]1. The Morgan fingerprint density at radius 2 is 1.96 bits per heavy atom. The van der Waals surface area contributed by atoms with E-state index in [0.29, 0.717) is 43.6 Å². The standard InChI is InChI=1S/C18H26N6O3S/c1-14-12-18(22-21-14)20-17-7-5-6-15(19-17)16-13-24(10-11-27-16)28(25,26)23-8-3-2-4-9-23/h5-7,12,16H,2-4,8-11,13H2,1H3,(H2,19,20,21,22)/t16-/m0/s1. The highest BCUT2D eigenvalue weighted by Crippen LogP contribution is 2.26. The van der Waals surface area contributed by atoms with E-state index in [-0.39, 0.29) is 6.54 Å². The number of H-pyrrole nitrogens is 1. The van der Waals surface area contributed by atoms with Gasteiger partial charge in [-0.25, -0.2) is 4.98 Å². The zero-order chi connectivity index (χ0) is 19.6. The van der Waals surface area contributed by atoms with E-state index in [2.05, 4.69) is 20.5 Å². The number of piperidine rings is 1. The summed E-state index contributed by atoms with van der Waals surface area (Å²) in [7, 11) is -3.45. The molecular weight excluding hydrogens is 380 g/mol. The van der Waals surface area contributed by atoms with Crippen LogP contribution in [0.4, 0.5) is 11.6 Å². The number of aromatic amines is 1. The van der Waals surface area contributed by atoms with Crippen LogP contribution < -0.4 is 5.32 Å². The molecule has 2 aliphatic heterocycles. The average molecular weight is 407 g/mol. The van der Waals surface area contributed by atoms with Gasteiger partial charge in [0, 0.05) is 37.9 Å². The summed E-state index contributed by atoms with van der Waals surface area (Å²) in [6.45, 7) is 4.14. The Balaban J connectivity index is 1.47. The number of aryl methyl sites for hydroxylation is 1. The first-order chi connectivity index (χ1) is 13.5. The summed E-state index contributed by atoms with van der Waals surface area (Å²) in [5.41, 5.74) is 1.66. The lowest BCUT2D eigenvalue weighted by molar-refractivity contribution is -0.00676. The molecule has 0 amide bonds. The van der Waals surface area contributed by atoms with Crippen molar-refractivity contribution in [2.45, 2.75) is 32.3 Å². The van der Waals surface area contributed by atoms with Gasteiger partial charge < -0.3 is 10.1 Å². The predicted molar refractivity (Wildman–Crippen MR) is 105 cm³/mol. The number of morpholine rings is 1. The number of aromatic nitrogens is 3. The first-order valence-electron chi connectivity index (χ1n) is 9.65. The second-order valence-corrected chi connectivity index (χ2v) is 9.12. The Hall–Kier alpha value is -2.01. The van der Waals surface area contributed by atoms with Crippen molar-refractivity contribution in [3.8, 4) is 0 Å². The summed E-state index contributed by atoms with van der Waals surface area (Å²) in [6.07, 6.45) is 2.55. The molecule has 2 aromatic rings. The number of nitrogens with one attached hydrogen (secondary N) is 2. The molecule has 0 aliphatic carbocycles. The minimum atomic E-state index is -3.45. The number of nitrogens with zero attached hydrogens (tertiary/aromatic N) is 4. The molecule has 2 aromatic heterocycles. The quantitative estimate of drug-likeness (QED) is 0.787. The van der Waals surface area contributed by atoms with Crippen LogP contribution in [0, 0.1) is 6.92 Å². The number of ether oxygens (including phenoxy) is 1. The molecular formula is C18H26N6O3S. The number of rotatable bonds is 5. The zero-order valence-corrected chi connectivity index (χ0v) is 16.8. The van der Waals surface area contributed by atoms with Crippen LogP contribution in [0.15, 0.2) is 24.3 Å². The molecule has 10 heteroatoms. The fourth-order valence-electron chi connectivity index (χ4n) is 3.59. The average Bonchev–Trinajstić information content (AvgIpc) is 3.13. The number of hydrogen-bond acceptors (Lipinski definition) is 6. The van der Waals surface area contributed by atoms with Crippen molar-refractivity contribution in [3.05, 3.63) is 35.7 Å². The summed E-state index contributed by atoms with van der Waals surface area (Å²) in [5, 5.41) is 10.2. The van der Waals surface area contributed by atoms with Crippen LogP contribution in [-0.2, 0) is 14.9 Å². The van der Waals surface area contributed by atoms with E-state index in [1.807, 2.05) is 31.2 Å². The molecule has 4 heterocycles. The first-order valence-corrected chi connectivity index (χ1v) is 11.0.